The number of hydrogen-bond donors (Lipinski definition) is 2. The first kappa shape index (κ1) is 32.5. The Morgan fingerprint density at radius 3 is 1.00 bits per heavy atom. The van der Waals surface area contributed by atoms with E-state index in [2.05, 4.69) is 0 Å². The van der Waals surface area contributed by atoms with E-state index < -0.39 is 11.9 Å². The van der Waals surface area contributed by atoms with Crippen LogP contribution in [0.25, 0.3) is 0 Å². The van der Waals surface area contributed by atoms with Crippen molar-refractivity contribution in [3.05, 3.63) is 0 Å². The fourth-order valence-electron chi connectivity index (χ4n) is 0. The van der Waals surface area contributed by atoms with Crippen LogP contribution in [0.4, 0.5) is 0 Å². The van der Waals surface area contributed by atoms with Gasteiger partial charge >= 0.3 is 11.9 Å². The van der Waals surface area contributed by atoms with E-state index >= 15 is 0 Å². The van der Waals surface area contributed by atoms with Gasteiger partial charge in [-0.1, -0.05) is 0 Å². The zero-order valence-corrected chi connectivity index (χ0v) is 7.11. The van der Waals surface area contributed by atoms with Gasteiger partial charge in [-0.2, -0.15) is 0 Å². The van der Waals surface area contributed by atoms with E-state index in [4.69, 9.17) is 19.8 Å². The summed E-state index contributed by atoms with van der Waals surface area (Å²) in [6, 6.07) is 0. The molecule has 6 nitrogen and oxygen atoms in total. The second-order valence-electron chi connectivity index (χ2n) is 0.610. The average Bonchev–Trinajstić information content (AvgIpc) is 1.36. The molecule has 0 unspecified atom stereocenters. The summed E-state index contributed by atoms with van der Waals surface area (Å²) in [4.78, 5) is 18.2. The van der Waals surface area contributed by atoms with Crippen molar-refractivity contribution >= 4 is 11.9 Å². The third-order valence-corrected chi connectivity index (χ3v) is 0.183. The van der Waals surface area contributed by atoms with Crippen molar-refractivity contribution in [2.24, 2.45) is 0 Å². The monoisotopic (exact) mass is 232 g/mol. The van der Waals surface area contributed by atoms with E-state index in [9.17, 15) is 0 Å². The van der Waals surface area contributed by atoms with Gasteiger partial charge in [0, 0.05) is 35.6 Å². The molecule has 2 radical (unpaired) electrons. The summed E-state index contributed by atoms with van der Waals surface area (Å²) in [7, 11) is 0. The smallest absolute Gasteiger partial charge is 0.414 e. The molecule has 0 saturated carbocycles. The van der Waals surface area contributed by atoms with Crippen LogP contribution in [0.2, 0.25) is 0 Å². The molecule has 0 aromatic carbocycles. The molecule has 0 rings (SSSR count). The Bertz CT molecular complexity index is 81.7. The van der Waals surface area contributed by atoms with Gasteiger partial charge in [-0.15, -0.1) is 0 Å². The fourth-order valence-corrected chi connectivity index (χ4v) is 0. The van der Waals surface area contributed by atoms with Gasteiger partial charge in [-0.05, 0) is 0 Å². The van der Waals surface area contributed by atoms with Crippen LogP contribution in [0, 0.1) is 0 Å². The molecule has 0 aliphatic heterocycles. The Morgan fingerprint density at radius 2 is 1.00 bits per heavy atom. The van der Waals surface area contributed by atoms with Crippen LogP contribution in [0.15, 0.2) is 0 Å². The predicted octanol–water partition coefficient (Wildman–Crippen LogP) is -2.50. The molecule has 8 heteroatoms. The summed E-state index contributed by atoms with van der Waals surface area (Å²) < 4.78 is 0. The maximum Gasteiger partial charge on any atom is 0.414 e. The maximum absolute atomic E-state index is 9.10. The molecule has 0 heterocycles. The first-order valence-electron chi connectivity index (χ1n) is 1.11. The number of carbonyl (C=O) groups is 2. The van der Waals surface area contributed by atoms with E-state index in [1.807, 2.05) is 0 Å². The molecule has 0 fully saturated rings. The summed E-state index contributed by atoms with van der Waals surface area (Å²) in [5, 5.41) is 14.8. The molecule has 0 saturated heterocycles. The van der Waals surface area contributed by atoms with Gasteiger partial charge in [0.1, 0.15) is 0 Å². The van der Waals surface area contributed by atoms with E-state index in [0.29, 0.717) is 0 Å². The number of carboxylic acids is 2. The van der Waals surface area contributed by atoms with E-state index in [-0.39, 0.29) is 46.6 Å². The second-order valence-corrected chi connectivity index (χ2v) is 0.610. The van der Waals surface area contributed by atoms with Crippen LogP contribution >= 0.6 is 0 Å². The first-order valence-corrected chi connectivity index (χ1v) is 1.11. The molecule has 0 aliphatic rings. The number of carboxylic acid groups (broad SMARTS) is 2. The summed E-state index contributed by atoms with van der Waals surface area (Å²) >= 11 is 0. The van der Waals surface area contributed by atoms with Crippen molar-refractivity contribution in [2.75, 3.05) is 0 Å². The molecule has 62 valence electrons. The van der Waals surface area contributed by atoms with Crippen molar-refractivity contribution in [3.63, 3.8) is 0 Å². The molecular formula is C2H6MnO6V. The minimum absolute atomic E-state index is 0. The molecule has 10 heavy (non-hydrogen) atoms. The van der Waals surface area contributed by atoms with Gasteiger partial charge in [0.05, 0.1) is 0 Å². The summed E-state index contributed by atoms with van der Waals surface area (Å²) in [5.74, 6) is -3.65. The fraction of sp³-hybridized carbons (Fsp3) is 0. The van der Waals surface area contributed by atoms with Crippen LogP contribution in [0.3, 0.4) is 0 Å². The number of aliphatic carboxylic acids is 2. The van der Waals surface area contributed by atoms with Crippen LogP contribution in [0.1, 0.15) is 0 Å². The van der Waals surface area contributed by atoms with Crippen LogP contribution in [0.5, 0.6) is 0 Å². The van der Waals surface area contributed by atoms with Crippen molar-refractivity contribution in [2.45, 2.75) is 0 Å². The molecule has 0 bridgehead atoms. The van der Waals surface area contributed by atoms with E-state index in [0.717, 1.165) is 0 Å². The Hall–Kier alpha value is -0.0361. The zero-order valence-electron chi connectivity index (χ0n) is 4.54. The van der Waals surface area contributed by atoms with Gasteiger partial charge < -0.3 is 21.2 Å². The topological polar surface area (TPSA) is 138 Å². The minimum atomic E-state index is -1.82. The van der Waals surface area contributed by atoms with Crippen molar-refractivity contribution in [3.8, 4) is 0 Å². The zero-order chi connectivity index (χ0) is 5.15. The number of hydrogen-bond acceptors (Lipinski definition) is 2. The van der Waals surface area contributed by atoms with Crippen molar-refractivity contribution in [1.29, 1.82) is 0 Å². The minimum Gasteiger partial charge on any atom is -0.473 e. The Labute approximate surface area is 78.6 Å². The molecule has 6 N–H and O–H groups in total. The van der Waals surface area contributed by atoms with Gasteiger partial charge in [-0.3, -0.25) is 0 Å². The normalized spacial score (nSPS) is 4.40. The third-order valence-electron chi connectivity index (χ3n) is 0.183. The van der Waals surface area contributed by atoms with Crippen molar-refractivity contribution < 1.29 is 66.4 Å². The Morgan fingerprint density at radius 1 is 0.900 bits per heavy atom. The summed E-state index contributed by atoms with van der Waals surface area (Å²) in [6.07, 6.45) is 0. The maximum atomic E-state index is 9.10. The largest absolute Gasteiger partial charge is 0.473 e. The second kappa shape index (κ2) is 16.0. The third kappa shape index (κ3) is 24.6. The SMILES string of the molecule is O.O.O=C(O)C(=O)O.[Mn].[V]. The summed E-state index contributed by atoms with van der Waals surface area (Å²) in [5.41, 5.74) is 0. The van der Waals surface area contributed by atoms with Gasteiger partial charge in [0.25, 0.3) is 0 Å². The first-order chi connectivity index (χ1) is 2.64. The van der Waals surface area contributed by atoms with Crippen LogP contribution < -0.4 is 0 Å². The standard InChI is InChI=1S/C2H2O4.Mn.2H2O.V/c3-1(4)2(5)6;;;;/h(H,3,4)(H,5,6);;2*1H2;. The molecule has 0 amide bonds. The molecular weight excluding hydrogens is 226 g/mol. The molecule has 0 atom stereocenters. The average molecular weight is 232 g/mol. The quantitative estimate of drug-likeness (QED) is 0.352. The van der Waals surface area contributed by atoms with Gasteiger partial charge in [0.2, 0.25) is 0 Å². The van der Waals surface area contributed by atoms with Gasteiger partial charge in [0.15, 0.2) is 0 Å². The molecule has 0 aromatic rings. The van der Waals surface area contributed by atoms with Gasteiger partial charge in [-0.25, -0.2) is 9.59 Å². The van der Waals surface area contributed by atoms with Crippen LogP contribution in [-0.2, 0) is 45.2 Å². The van der Waals surface area contributed by atoms with Crippen LogP contribution in [-0.4, -0.2) is 33.1 Å². The number of rotatable bonds is 0. The molecule has 0 spiro atoms. The van der Waals surface area contributed by atoms with E-state index in [1.54, 1.807) is 0 Å². The Balaban J connectivity index is -0.0000000208. The summed E-state index contributed by atoms with van der Waals surface area (Å²) in [6.45, 7) is 0. The molecule has 0 aromatic heterocycles. The Kier molecular flexibility index (Phi) is 51.9. The predicted molar refractivity (Wildman–Crippen MR) is 22.5 cm³/mol. The van der Waals surface area contributed by atoms with E-state index in [1.165, 1.54) is 0 Å². The van der Waals surface area contributed by atoms with Crippen molar-refractivity contribution in [1.82, 2.24) is 0 Å². The molecule has 0 aliphatic carbocycles.